The molecule has 2 heterocycles. The fourth-order valence-corrected chi connectivity index (χ4v) is 5.94. The number of amidine groups is 1. The molecular formula is C24H33N5O4S. The Morgan fingerprint density at radius 1 is 1.12 bits per heavy atom. The van der Waals surface area contributed by atoms with Gasteiger partial charge in [-0.2, -0.15) is 0 Å². The van der Waals surface area contributed by atoms with Crippen LogP contribution in [0.2, 0.25) is 0 Å². The molecule has 184 valence electrons. The molecule has 0 radical (unpaired) electrons. The molecule has 1 saturated heterocycles. The maximum absolute atomic E-state index is 12.2. The van der Waals surface area contributed by atoms with Crippen LogP contribution < -0.4 is 25.8 Å². The lowest BCUT2D eigenvalue weighted by atomic mass is 9.69. The highest BCUT2D eigenvalue weighted by Gasteiger charge is 2.46. The zero-order chi connectivity index (χ0) is 24.6. The van der Waals surface area contributed by atoms with Gasteiger partial charge in [-0.3, -0.25) is 5.32 Å². The number of hydrogen-bond donors (Lipinski definition) is 3. The third kappa shape index (κ3) is 4.45. The van der Waals surface area contributed by atoms with Gasteiger partial charge in [0, 0.05) is 36.6 Å². The lowest BCUT2D eigenvalue weighted by Crippen LogP contribution is -2.58. The number of benzene rings is 2. The van der Waals surface area contributed by atoms with Crippen LogP contribution in [0.1, 0.15) is 30.4 Å². The van der Waals surface area contributed by atoms with Gasteiger partial charge in [0.15, 0.2) is 17.3 Å². The topological polar surface area (TPSA) is 118 Å². The number of aliphatic imine (C=N–C) groups is 1. The number of sulfonamides is 1. The summed E-state index contributed by atoms with van der Waals surface area (Å²) in [5, 5.41) is 6.91. The van der Waals surface area contributed by atoms with Crippen molar-refractivity contribution in [2.75, 3.05) is 45.9 Å². The number of methoxy groups -OCH3 is 2. The van der Waals surface area contributed by atoms with Crippen LogP contribution >= 0.6 is 0 Å². The number of rotatable bonds is 7. The van der Waals surface area contributed by atoms with Crippen molar-refractivity contribution >= 4 is 21.5 Å². The summed E-state index contributed by atoms with van der Waals surface area (Å²) in [7, 11) is 1.78. The van der Waals surface area contributed by atoms with Crippen LogP contribution in [-0.2, 0) is 15.4 Å². The lowest BCUT2D eigenvalue weighted by Gasteiger charge is -2.47. The molecule has 0 spiro atoms. The molecule has 9 nitrogen and oxygen atoms in total. The van der Waals surface area contributed by atoms with Gasteiger partial charge in [0.2, 0.25) is 10.0 Å². The zero-order valence-electron chi connectivity index (χ0n) is 20.1. The molecule has 2 aromatic rings. The van der Waals surface area contributed by atoms with E-state index in [1.54, 1.807) is 18.5 Å². The predicted molar refractivity (Wildman–Crippen MR) is 134 cm³/mol. The number of nitrogens with one attached hydrogen (secondary N) is 2. The average Bonchev–Trinajstić information content (AvgIpc) is 2.83. The van der Waals surface area contributed by atoms with E-state index in [2.05, 4.69) is 22.8 Å². The fourth-order valence-electron chi connectivity index (χ4n) is 5.10. The van der Waals surface area contributed by atoms with Crippen molar-refractivity contribution in [1.29, 1.82) is 0 Å². The standard InChI is InChI=1S/C24H33N5O4S/c1-26-24(27-19-15-21(33-3)20(32-2)14-18(19)22(25)28-24)16-23(17-8-6-5-7-9-17)10-12-29(13-11-23)34(4,30)31/h5-9,14-15,26-27H,10-13,16H2,1-4H3,(H2,25,28). The third-order valence-corrected chi connectivity index (χ3v) is 8.30. The van der Waals surface area contributed by atoms with Crippen molar-refractivity contribution in [2.24, 2.45) is 10.7 Å². The summed E-state index contributed by atoms with van der Waals surface area (Å²) in [4.78, 5) is 4.88. The fraction of sp³-hybridized carbons (Fsp3) is 0.458. The molecule has 2 aliphatic rings. The van der Waals surface area contributed by atoms with Gasteiger partial charge in [-0.1, -0.05) is 30.3 Å². The first kappa shape index (κ1) is 24.3. The summed E-state index contributed by atoms with van der Waals surface area (Å²) in [5.74, 6) is 0.667. The second-order valence-electron chi connectivity index (χ2n) is 8.97. The summed E-state index contributed by atoms with van der Waals surface area (Å²) in [6.45, 7) is 0.905. The van der Waals surface area contributed by atoms with Gasteiger partial charge >= 0.3 is 0 Å². The molecule has 0 saturated carbocycles. The second-order valence-corrected chi connectivity index (χ2v) is 11.0. The van der Waals surface area contributed by atoms with E-state index in [1.165, 1.54) is 6.26 Å². The predicted octanol–water partition coefficient (Wildman–Crippen LogP) is 2.09. The summed E-state index contributed by atoms with van der Waals surface area (Å²) < 4.78 is 36.8. The first-order valence-corrected chi connectivity index (χ1v) is 13.1. The van der Waals surface area contributed by atoms with E-state index < -0.39 is 15.8 Å². The minimum atomic E-state index is -3.25. The third-order valence-electron chi connectivity index (χ3n) is 6.99. The van der Waals surface area contributed by atoms with Gasteiger partial charge in [-0.05, 0) is 31.5 Å². The van der Waals surface area contributed by atoms with E-state index in [9.17, 15) is 8.42 Å². The second kappa shape index (κ2) is 9.09. The van der Waals surface area contributed by atoms with E-state index in [-0.39, 0.29) is 5.41 Å². The van der Waals surface area contributed by atoms with Gasteiger partial charge in [0.1, 0.15) is 5.84 Å². The van der Waals surface area contributed by atoms with E-state index in [1.807, 2.05) is 37.4 Å². The van der Waals surface area contributed by atoms with Crippen LogP contribution in [0.15, 0.2) is 47.5 Å². The van der Waals surface area contributed by atoms with E-state index in [0.717, 1.165) is 16.8 Å². The highest BCUT2D eigenvalue weighted by atomic mass is 32.2. The van der Waals surface area contributed by atoms with Crippen molar-refractivity contribution in [3.63, 3.8) is 0 Å². The molecular weight excluding hydrogens is 454 g/mol. The van der Waals surface area contributed by atoms with Crippen molar-refractivity contribution in [2.45, 2.75) is 30.5 Å². The molecule has 0 aliphatic carbocycles. The number of nitrogens with zero attached hydrogens (tertiary/aromatic N) is 2. The largest absolute Gasteiger partial charge is 0.493 e. The average molecular weight is 488 g/mol. The Bertz CT molecular complexity index is 1180. The van der Waals surface area contributed by atoms with Gasteiger partial charge in [0.25, 0.3) is 0 Å². The Morgan fingerprint density at radius 3 is 2.29 bits per heavy atom. The normalized spacial score (nSPS) is 22.3. The molecule has 34 heavy (non-hydrogen) atoms. The van der Waals surface area contributed by atoms with E-state index in [0.29, 0.717) is 49.7 Å². The number of nitrogens with two attached hydrogens (primary N) is 1. The summed E-state index contributed by atoms with van der Waals surface area (Å²) in [5.41, 5.74) is 8.84. The van der Waals surface area contributed by atoms with Crippen LogP contribution in [0.3, 0.4) is 0 Å². The molecule has 2 aliphatic heterocycles. The van der Waals surface area contributed by atoms with Gasteiger partial charge in [-0.25, -0.2) is 17.7 Å². The monoisotopic (exact) mass is 487 g/mol. The van der Waals surface area contributed by atoms with Gasteiger partial charge in [-0.15, -0.1) is 0 Å². The van der Waals surface area contributed by atoms with Crippen molar-refractivity contribution < 1.29 is 17.9 Å². The van der Waals surface area contributed by atoms with E-state index >= 15 is 0 Å². The van der Waals surface area contributed by atoms with Crippen LogP contribution in [0.5, 0.6) is 11.5 Å². The maximum atomic E-state index is 12.2. The van der Waals surface area contributed by atoms with Gasteiger partial charge in [0.05, 0.1) is 26.2 Å². The number of piperidine rings is 1. The molecule has 4 rings (SSSR count). The summed E-state index contributed by atoms with van der Waals surface area (Å²) >= 11 is 0. The summed E-state index contributed by atoms with van der Waals surface area (Å²) in [6, 6.07) is 13.9. The molecule has 0 bridgehead atoms. The van der Waals surface area contributed by atoms with Crippen molar-refractivity contribution in [3.05, 3.63) is 53.6 Å². The SMILES string of the molecule is CNC1(CC2(c3ccccc3)CCN(S(C)(=O)=O)CC2)N=C(N)c2cc(OC)c(OC)cc2N1. The molecule has 1 unspecified atom stereocenters. The number of hydrogen-bond acceptors (Lipinski definition) is 8. The molecule has 2 aromatic carbocycles. The highest BCUT2D eigenvalue weighted by molar-refractivity contribution is 7.88. The van der Waals surface area contributed by atoms with Gasteiger partial charge < -0.3 is 20.5 Å². The Kier molecular flexibility index (Phi) is 6.50. The quantitative estimate of drug-likeness (QED) is 0.547. The zero-order valence-corrected chi connectivity index (χ0v) is 20.9. The van der Waals surface area contributed by atoms with Crippen LogP contribution in [0.4, 0.5) is 5.69 Å². The minimum absolute atomic E-state index is 0.309. The Morgan fingerprint density at radius 2 is 1.74 bits per heavy atom. The lowest BCUT2D eigenvalue weighted by molar-refractivity contribution is 0.178. The highest BCUT2D eigenvalue weighted by Crippen LogP contribution is 2.45. The first-order chi connectivity index (χ1) is 16.1. The maximum Gasteiger partial charge on any atom is 0.211 e. The molecule has 1 atom stereocenters. The number of anilines is 1. The number of ether oxygens (including phenoxy) is 2. The molecule has 1 fully saturated rings. The minimum Gasteiger partial charge on any atom is -0.493 e. The molecule has 0 amide bonds. The van der Waals surface area contributed by atoms with Crippen LogP contribution in [0, 0.1) is 0 Å². The Hall–Kier alpha value is -2.82. The van der Waals surface area contributed by atoms with Crippen LogP contribution in [-0.4, -0.2) is 65.0 Å². The number of fused-ring (bicyclic) bond motifs is 1. The van der Waals surface area contributed by atoms with Crippen molar-refractivity contribution in [1.82, 2.24) is 9.62 Å². The Labute approximate surface area is 201 Å². The molecule has 0 aromatic heterocycles. The Balaban J connectivity index is 1.74. The summed E-state index contributed by atoms with van der Waals surface area (Å²) in [6.07, 6.45) is 3.18. The molecule has 10 heteroatoms. The van der Waals surface area contributed by atoms with E-state index in [4.69, 9.17) is 20.2 Å². The van der Waals surface area contributed by atoms with Crippen LogP contribution in [0.25, 0.3) is 0 Å². The molecule has 4 N–H and O–H groups in total. The van der Waals surface area contributed by atoms with Crippen molar-refractivity contribution in [3.8, 4) is 11.5 Å². The first-order valence-electron chi connectivity index (χ1n) is 11.2. The smallest absolute Gasteiger partial charge is 0.211 e.